The molecule has 1 aromatic heterocycles. The van der Waals surface area contributed by atoms with Crippen molar-refractivity contribution >= 4 is 34.0 Å². The van der Waals surface area contributed by atoms with Crippen LogP contribution in [0.25, 0.3) is 0 Å². The summed E-state index contributed by atoms with van der Waals surface area (Å²) < 4.78 is 17.4. The zero-order chi connectivity index (χ0) is 28.9. The van der Waals surface area contributed by atoms with Gasteiger partial charge in [-0.05, 0) is 70.7 Å². The minimum atomic E-state index is -0.714. The van der Waals surface area contributed by atoms with Crippen molar-refractivity contribution < 1.29 is 28.6 Å². The summed E-state index contributed by atoms with van der Waals surface area (Å²) in [5, 5.41) is 0.440. The van der Waals surface area contributed by atoms with Crippen LogP contribution in [0, 0.1) is 5.92 Å². The largest absolute Gasteiger partial charge is 0.456 e. The molecular formula is C32H37NO6S. The molecule has 0 fully saturated rings. The third kappa shape index (κ3) is 6.69. The zero-order valence-corrected chi connectivity index (χ0v) is 24.6. The highest BCUT2D eigenvalue weighted by molar-refractivity contribution is 7.18. The van der Waals surface area contributed by atoms with Crippen molar-refractivity contribution in [1.82, 2.24) is 0 Å². The number of nitrogens with zero attached hydrogens (tertiary/aromatic N) is 1. The van der Waals surface area contributed by atoms with Gasteiger partial charge in [0.2, 0.25) is 0 Å². The highest BCUT2D eigenvalue weighted by atomic mass is 32.1. The van der Waals surface area contributed by atoms with Gasteiger partial charge in [0, 0.05) is 18.8 Å². The normalized spacial score (nSPS) is 15.2. The first-order valence-electron chi connectivity index (χ1n) is 13.7. The van der Waals surface area contributed by atoms with E-state index in [-0.39, 0.29) is 18.2 Å². The predicted octanol–water partition coefficient (Wildman–Crippen LogP) is 6.69. The second kappa shape index (κ2) is 12.9. The van der Waals surface area contributed by atoms with E-state index in [9.17, 15) is 14.4 Å². The summed E-state index contributed by atoms with van der Waals surface area (Å²) in [7, 11) is 0. The molecule has 0 bridgehead atoms. The molecule has 0 N–H and O–H groups in total. The van der Waals surface area contributed by atoms with Gasteiger partial charge in [0.05, 0.1) is 18.0 Å². The van der Waals surface area contributed by atoms with Gasteiger partial charge in [-0.2, -0.15) is 0 Å². The first-order chi connectivity index (χ1) is 19.1. The average Bonchev–Trinajstić information content (AvgIpc) is 3.32. The fraction of sp³-hybridized carbons (Fsp3) is 0.406. The van der Waals surface area contributed by atoms with Gasteiger partial charge >= 0.3 is 5.97 Å². The van der Waals surface area contributed by atoms with Crippen LogP contribution in [0.5, 0.6) is 0 Å². The highest BCUT2D eigenvalue weighted by Crippen LogP contribution is 2.44. The molecule has 8 heteroatoms. The molecular weight excluding hydrogens is 526 g/mol. The van der Waals surface area contributed by atoms with Gasteiger partial charge in [-0.25, -0.2) is 4.79 Å². The van der Waals surface area contributed by atoms with Crippen LogP contribution in [-0.4, -0.2) is 42.8 Å². The predicted molar refractivity (Wildman–Crippen MR) is 156 cm³/mol. The van der Waals surface area contributed by atoms with Gasteiger partial charge in [-0.3, -0.25) is 14.5 Å². The molecule has 0 aliphatic heterocycles. The van der Waals surface area contributed by atoms with Gasteiger partial charge in [-0.1, -0.05) is 48.5 Å². The van der Waals surface area contributed by atoms with E-state index in [0.29, 0.717) is 52.6 Å². The molecule has 212 valence electrons. The Kier molecular flexibility index (Phi) is 9.56. The summed E-state index contributed by atoms with van der Waals surface area (Å²) in [4.78, 5) is 43.6. The zero-order valence-electron chi connectivity index (χ0n) is 23.8. The Bertz CT molecular complexity index is 1320. The van der Waals surface area contributed by atoms with Crippen molar-refractivity contribution in [2.45, 2.75) is 65.9 Å². The molecule has 1 unspecified atom stereocenters. The van der Waals surface area contributed by atoms with Crippen molar-refractivity contribution in [2.75, 3.05) is 18.1 Å². The van der Waals surface area contributed by atoms with E-state index in [1.807, 2.05) is 71.0 Å². The summed E-state index contributed by atoms with van der Waals surface area (Å²) in [6, 6.07) is 18.6. The van der Waals surface area contributed by atoms with Crippen molar-refractivity contribution in [3.63, 3.8) is 0 Å². The lowest BCUT2D eigenvalue weighted by atomic mass is 9.82. The minimum absolute atomic E-state index is 0.187. The first-order valence-corrected chi connectivity index (χ1v) is 14.5. The van der Waals surface area contributed by atoms with Crippen molar-refractivity contribution in [3.8, 4) is 0 Å². The number of fused-ring (bicyclic) bond motifs is 1. The molecule has 1 heterocycles. The molecule has 7 nitrogen and oxygen atoms in total. The van der Waals surface area contributed by atoms with Crippen LogP contribution in [0.3, 0.4) is 0 Å². The number of Topliss-reactive ketones (excluding diaryl/α,β-unsaturated/α-hetero) is 1. The lowest BCUT2D eigenvalue weighted by molar-refractivity contribution is -0.158. The van der Waals surface area contributed by atoms with Crippen molar-refractivity contribution in [2.24, 2.45) is 5.92 Å². The lowest BCUT2D eigenvalue weighted by Crippen LogP contribution is -2.38. The Hall–Kier alpha value is -3.33. The standard InChI is InChI=1S/C32H37NO6S/c1-6-37-31(38-7-2)24-19-18-23-25(26(24)34)29(40-27(23)30(36)39-32(3,4)5)33(20-21-14-10-8-11-15-21)28(35)22-16-12-9-13-17-22/h8-17,24,31H,6-7,18-20H2,1-5H3. The van der Waals surface area contributed by atoms with Gasteiger partial charge in [-0.15, -0.1) is 11.3 Å². The summed E-state index contributed by atoms with van der Waals surface area (Å²) in [5.74, 6) is -1.50. The maximum Gasteiger partial charge on any atom is 0.349 e. The molecule has 4 rings (SSSR count). The topological polar surface area (TPSA) is 82.1 Å². The van der Waals surface area contributed by atoms with E-state index in [1.54, 1.807) is 29.2 Å². The maximum atomic E-state index is 14.2. The average molecular weight is 564 g/mol. The van der Waals surface area contributed by atoms with E-state index in [2.05, 4.69) is 0 Å². The molecule has 1 amide bonds. The molecule has 0 saturated carbocycles. The summed E-state index contributed by atoms with van der Waals surface area (Å²) in [6.07, 6.45) is 0.223. The number of esters is 1. The molecule has 40 heavy (non-hydrogen) atoms. The van der Waals surface area contributed by atoms with E-state index in [1.165, 1.54) is 0 Å². The van der Waals surface area contributed by atoms with Gasteiger partial charge in [0.1, 0.15) is 15.5 Å². The quantitative estimate of drug-likeness (QED) is 0.202. The maximum absolute atomic E-state index is 14.2. The van der Waals surface area contributed by atoms with Gasteiger partial charge in [0.25, 0.3) is 5.91 Å². The number of benzene rings is 2. The van der Waals surface area contributed by atoms with E-state index >= 15 is 0 Å². The van der Waals surface area contributed by atoms with E-state index < -0.39 is 23.8 Å². The van der Waals surface area contributed by atoms with E-state index in [0.717, 1.165) is 16.9 Å². The molecule has 1 aliphatic carbocycles. The Morgan fingerprint density at radius 1 is 0.975 bits per heavy atom. The number of rotatable bonds is 10. The monoisotopic (exact) mass is 563 g/mol. The van der Waals surface area contributed by atoms with Gasteiger partial charge in [0.15, 0.2) is 12.1 Å². The van der Waals surface area contributed by atoms with Crippen LogP contribution in [0.2, 0.25) is 0 Å². The fourth-order valence-electron chi connectivity index (χ4n) is 4.85. The number of ketones is 1. The third-order valence-electron chi connectivity index (χ3n) is 6.55. The molecule has 0 saturated heterocycles. The SMILES string of the molecule is CCOC(OCC)C1CCc2c(C(=O)OC(C)(C)C)sc(N(Cc3ccccc3)C(=O)c3ccccc3)c2C1=O. The summed E-state index contributed by atoms with van der Waals surface area (Å²) in [6.45, 7) is 10.2. The summed E-state index contributed by atoms with van der Waals surface area (Å²) in [5.41, 5.74) is 1.68. The Balaban J connectivity index is 1.88. The first kappa shape index (κ1) is 29.6. The Morgan fingerprint density at radius 2 is 1.57 bits per heavy atom. The number of amides is 1. The second-order valence-electron chi connectivity index (χ2n) is 10.6. The third-order valence-corrected chi connectivity index (χ3v) is 7.78. The van der Waals surface area contributed by atoms with Crippen molar-refractivity contribution in [3.05, 3.63) is 87.8 Å². The number of hydrogen-bond acceptors (Lipinski definition) is 7. The van der Waals surface area contributed by atoms with Crippen LogP contribution in [0.15, 0.2) is 60.7 Å². The number of ether oxygens (including phenoxy) is 3. The molecule has 0 radical (unpaired) electrons. The lowest BCUT2D eigenvalue weighted by Gasteiger charge is -2.30. The number of hydrogen-bond donors (Lipinski definition) is 0. The number of thiophene rings is 1. The number of carbonyl (C=O) groups is 3. The van der Waals surface area contributed by atoms with Gasteiger partial charge < -0.3 is 14.2 Å². The smallest absolute Gasteiger partial charge is 0.349 e. The van der Waals surface area contributed by atoms with Crippen LogP contribution in [-0.2, 0) is 27.2 Å². The molecule has 1 atom stereocenters. The van der Waals surface area contributed by atoms with Crippen molar-refractivity contribution in [1.29, 1.82) is 0 Å². The molecule has 1 aliphatic rings. The molecule has 3 aromatic rings. The summed E-state index contributed by atoms with van der Waals surface area (Å²) >= 11 is 1.15. The minimum Gasteiger partial charge on any atom is -0.456 e. The Morgan fingerprint density at radius 3 is 2.15 bits per heavy atom. The molecule has 2 aromatic carbocycles. The van der Waals surface area contributed by atoms with E-state index in [4.69, 9.17) is 14.2 Å². The van der Waals surface area contributed by atoms with Crippen LogP contribution in [0.1, 0.15) is 82.6 Å². The van der Waals surface area contributed by atoms with Crippen LogP contribution < -0.4 is 4.90 Å². The van der Waals surface area contributed by atoms with Crippen LogP contribution in [0.4, 0.5) is 5.00 Å². The molecule has 0 spiro atoms. The number of anilines is 1. The fourth-order valence-corrected chi connectivity index (χ4v) is 6.08. The number of carbonyl (C=O) groups excluding carboxylic acids is 3. The second-order valence-corrected chi connectivity index (χ2v) is 11.6. The Labute approximate surface area is 240 Å². The highest BCUT2D eigenvalue weighted by Gasteiger charge is 2.42. The van der Waals surface area contributed by atoms with Crippen LogP contribution >= 0.6 is 11.3 Å².